The van der Waals surface area contributed by atoms with Gasteiger partial charge in [0.15, 0.2) is 0 Å². The molecule has 0 aliphatic rings. The van der Waals surface area contributed by atoms with Crippen LogP contribution in [0.15, 0.2) is 106 Å². The van der Waals surface area contributed by atoms with Crippen LogP contribution in [0.3, 0.4) is 0 Å². The highest BCUT2D eigenvalue weighted by atomic mass is 35.5. The number of benzene rings is 4. The van der Waals surface area contributed by atoms with Gasteiger partial charge < -0.3 is 0 Å². The second-order valence-corrected chi connectivity index (χ2v) is 10.9. The molecule has 0 atom stereocenters. The van der Waals surface area contributed by atoms with Gasteiger partial charge in [0.2, 0.25) is 4.34 Å². The normalized spacial score (nSPS) is 11.1. The molecule has 6 rings (SSSR count). The van der Waals surface area contributed by atoms with Gasteiger partial charge in [0.25, 0.3) is 11.2 Å². The van der Waals surface area contributed by atoms with Gasteiger partial charge in [0, 0.05) is 27.5 Å². The van der Waals surface area contributed by atoms with Gasteiger partial charge in [-0.3, -0.25) is 19.5 Å². The molecule has 0 aliphatic carbocycles. The smallest absolute Gasteiger partial charge is 0.268 e. The fourth-order valence-electron chi connectivity index (χ4n) is 4.41. The molecule has 0 aliphatic heterocycles. The number of carbonyl (C=O) groups is 1. The minimum atomic E-state index is -0.541. The molecular weight excluding hydrogens is 582 g/mol. The summed E-state index contributed by atoms with van der Waals surface area (Å²) in [6.07, 6.45) is 0. The van der Waals surface area contributed by atoms with Crippen molar-refractivity contribution in [2.75, 3.05) is 0 Å². The first-order valence-corrected chi connectivity index (χ1v) is 13.7. The number of para-hydroxylation sites is 1. The van der Waals surface area contributed by atoms with Crippen molar-refractivity contribution >= 4 is 58.1 Å². The Bertz CT molecular complexity index is 2040. The number of carbonyl (C=O) groups excluding carboxylic acids is 1. The van der Waals surface area contributed by atoms with Crippen molar-refractivity contribution in [3.63, 3.8) is 0 Å². The molecule has 9 nitrogen and oxygen atoms in total. The lowest BCUT2D eigenvalue weighted by Gasteiger charge is -2.14. The van der Waals surface area contributed by atoms with Crippen molar-refractivity contribution in [2.45, 2.75) is 4.34 Å². The van der Waals surface area contributed by atoms with Gasteiger partial charge in [0.1, 0.15) is 5.82 Å². The van der Waals surface area contributed by atoms with Gasteiger partial charge in [-0.15, -0.1) is 12.6 Å². The summed E-state index contributed by atoms with van der Waals surface area (Å²) in [5, 5.41) is 16.5. The largest absolute Gasteiger partial charge is 0.450 e. The number of aromatic nitrogens is 4. The van der Waals surface area contributed by atoms with Crippen LogP contribution in [0.25, 0.3) is 38.5 Å². The van der Waals surface area contributed by atoms with Crippen LogP contribution >= 0.6 is 35.6 Å². The lowest BCUT2D eigenvalue weighted by molar-refractivity contribution is -0.621. The molecule has 0 spiro atoms. The van der Waals surface area contributed by atoms with Crippen molar-refractivity contribution in [3.05, 3.63) is 128 Å². The van der Waals surface area contributed by atoms with Crippen LogP contribution in [0.4, 0.5) is 5.69 Å². The zero-order valence-corrected chi connectivity index (χ0v) is 23.3. The number of hydrogen-bond acceptors (Lipinski definition) is 8. The Kier molecular flexibility index (Phi) is 6.91. The molecule has 2 heterocycles. The Morgan fingerprint density at radius 1 is 0.976 bits per heavy atom. The van der Waals surface area contributed by atoms with E-state index in [-0.39, 0.29) is 31.7 Å². The first kappa shape index (κ1) is 26.5. The molecule has 0 N–H and O–H groups in total. The third-order valence-electron chi connectivity index (χ3n) is 6.33. The van der Waals surface area contributed by atoms with Gasteiger partial charge in [-0.2, -0.15) is 0 Å². The van der Waals surface area contributed by atoms with Gasteiger partial charge in [-0.25, -0.2) is 9.78 Å². The molecule has 2 aromatic heterocycles. The highest BCUT2D eigenvalue weighted by Crippen LogP contribution is 2.33. The third kappa shape index (κ3) is 4.91. The Labute approximate surface area is 246 Å². The summed E-state index contributed by atoms with van der Waals surface area (Å²) in [5.74, 6) is -0.0393. The second-order valence-electron chi connectivity index (χ2n) is 8.83. The fourth-order valence-corrected chi connectivity index (χ4v) is 5.80. The number of non-ortho nitro benzene ring substituents is 1. The molecule has 0 saturated heterocycles. The zero-order valence-electron chi connectivity index (χ0n) is 20.8. The minimum Gasteiger partial charge on any atom is -0.268 e. The maximum absolute atomic E-state index is 13.6. The molecule has 0 radical (unpaired) electrons. The summed E-state index contributed by atoms with van der Waals surface area (Å²) in [7, 11) is 0. The highest BCUT2D eigenvalue weighted by molar-refractivity contribution is 7.82. The average molecular weight is 599 g/mol. The molecule has 0 bridgehead atoms. The second kappa shape index (κ2) is 10.7. The molecule has 0 fully saturated rings. The van der Waals surface area contributed by atoms with Crippen LogP contribution in [-0.2, 0) is 0 Å². The average Bonchev–Trinajstić information content (AvgIpc) is 3.38. The summed E-state index contributed by atoms with van der Waals surface area (Å²) in [4.78, 5) is 42.8. The fraction of sp³-hybridized carbons (Fsp3) is 0. The standard InChI is InChI=1S/C29H16ClN5O4S2/c30-23-15-14-20(35(38)39)16-22(23)28-34(32-29(40)41-28)26(36)18-10-12-19(13-11-18)33-25(17-6-2-1-3-7-17)31-24-9-5-4-8-21(24)27(33)37/h1-16H/p+1. The summed E-state index contributed by atoms with van der Waals surface area (Å²) in [5.41, 5.74) is 1.98. The Hall–Kier alpha value is -4.71. The topological polar surface area (TPSA) is 112 Å². The highest BCUT2D eigenvalue weighted by Gasteiger charge is 2.32. The van der Waals surface area contributed by atoms with E-state index in [4.69, 9.17) is 16.6 Å². The Morgan fingerprint density at radius 2 is 1.68 bits per heavy atom. The third-order valence-corrected chi connectivity index (χ3v) is 7.87. The summed E-state index contributed by atoms with van der Waals surface area (Å²) >= 11 is 11.7. The summed E-state index contributed by atoms with van der Waals surface area (Å²) in [6.45, 7) is 0. The molecular formula is C29H17ClN5O4S2+. The number of hydrogen-bond donors (Lipinski definition) is 1. The molecule has 41 heavy (non-hydrogen) atoms. The first-order valence-electron chi connectivity index (χ1n) is 12.1. The van der Waals surface area contributed by atoms with Crippen LogP contribution < -0.4 is 10.2 Å². The van der Waals surface area contributed by atoms with E-state index in [1.807, 2.05) is 36.4 Å². The summed E-state index contributed by atoms with van der Waals surface area (Å²) in [6, 6.07) is 27.0. The van der Waals surface area contributed by atoms with E-state index >= 15 is 0 Å². The Balaban J connectivity index is 1.44. The number of fused-ring (bicyclic) bond motifs is 1. The van der Waals surface area contributed by atoms with E-state index in [1.54, 1.807) is 42.5 Å². The molecule has 6 aromatic rings. The van der Waals surface area contributed by atoms with Crippen molar-refractivity contribution in [1.29, 1.82) is 0 Å². The monoisotopic (exact) mass is 598 g/mol. The maximum atomic E-state index is 13.6. The first-order chi connectivity index (χ1) is 19.8. The molecule has 200 valence electrons. The van der Waals surface area contributed by atoms with Crippen molar-refractivity contribution in [2.24, 2.45) is 0 Å². The Morgan fingerprint density at radius 3 is 2.41 bits per heavy atom. The molecule has 12 heteroatoms. The molecule has 4 aromatic carbocycles. The van der Waals surface area contributed by atoms with Gasteiger partial charge in [-0.05, 0) is 53.8 Å². The van der Waals surface area contributed by atoms with Gasteiger partial charge >= 0.3 is 10.9 Å². The molecule has 0 saturated carbocycles. The van der Waals surface area contributed by atoms with E-state index in [9.17, 15) is 19.7 Å². The number of nitro groups is 1. The van der Waals surface area contributed by atoms with E-state index in [0.29, 0.717) is 27.4 Å². The van der Waals surface area contributed by atoms with E-state index in [0.717, 1.165) is 21.6 Å². The summed E-state index contributed by atoms with van der Waals surface area (Å²) < 4.78 is 2.91. The van der Waals surface area contributed by atoms with Crippen LogP contribution in [0, 0.1) is 10.1 Å². The number of nitro benzene ring substituents is 1. The van der Waals surface area contributed by atoms with E-state index in [1.165, 1.54) is 22.8 Å². The minimum absolute atomic E-state index is 0.175. The van der Waals surface area contributed by atoms with Crippen LogP contribution in [0.5, 0.6) is 0 Å². The lowest BCUT2D eigenvalue weighted by atomic mass is 10.1. The van der Waals surface area contributed by atoms with Gasteiger partial charge in [0.05, 0.1) is 37.7 Å². The van der Waals surface area contributed by atoms with Crippen molar-refractivity contribution < 1.29 is 14.4 Å². The maximum Gasteiger partial charge on any atom is 0.450 e. The van der Waals surface area contributed by atoms with E-state index in [2.05, 4.69) is 17.7 Å². The molecule has 0 unspecified atom stereocenters. The van der Waals surface area contributed by atoms with Crippen molar-refractivity contribution in [1.82, 2.24) is 14.6 Å². The predicted molar refractivity (Wildman–Crippen MR) is 159 cm³/mol. The molecule has 0 amide bonds. The predicted octanol–water partition coefficient (Wildman–Crippen LogP) is 6.00. The number of thiol groups is 1. The van der Waals surface area contributed by atoms with Crippen molar-refractivity contribution in [3.8, 4) is 27.6 Å². The number of rotatable bonds is 5. The number of nitrogens with zero attached hydrogens (tertiary/aromatic N) is 5. The lowest BCUT2D eigenvalue weighted by Crippen LogP contribution is -2.46. The van der Waals surface area contributed by atoms with Crippen LogP contribution in [-0.4, -0.2) is 25.5 Å². The van der Waals surface area contributed by atoms with E-state index < -0.39 is 10.8 Å². The number of halogens is 1. The zero-order chi connectivity index (χ0) is 28.7. The van der Waals surface area contributed by atoms with Gasteiger partial charge in [-0.1, -0.05) is 54.1 Å². The van der Waals surface area contributed by atoms with Crippen LogP contribution in [0.2, 0.25) is 5.02 Å². The SMILES string of the molecule is O=C(c1ccc(-n2c(-c3ccccc3)nc3ccccc3c2=O)cc1)[n+]1nc(S)sc1-c1cc([N+](=O)[O-])ccc1Cl. The quantitative estimate of drug-likeness (QED) is 0.113. The van der Waals surface area contributed by atoms with Crippen LogP contribution in [0.1, 0.15) is 10.4 Å².